The van der Waals surface area contributed by atoms with E-state index in [1.54, 1.807) is 14.2 Å². The summed E-state index contributed by atoms with van der Waals surface area (Å²) in [5, 5.41) is 4.26. The molecule has 0 radical (unpaired) electrons. The van der Waals surface area contributed by atoms with E-state index in [2.05, 4.69) is 30.2 Å². The molecule has 0 fully saturated rings. The van der Waals surface area contributed by atoms with Crippen molar-refractivity contribution in [1.29, 1.82) is 0 Å². The van der Waals surface area contributed by atoms with Crippen molar-refractivity contribution in [1.82, 2.24) is 10.3 Å². The van der Waals surface area contributed by atoms with Crippen molar-refractivity contribution in [3.05, 3.63) is 59.8 Å². The monoisotopic (exact) mass is 394 g/mol. The molecule has 0 unspecified atom stereocenters. The molecule has 1 aromatic heterocycles. The lowest BCUT2D eigenvalue weighted by Gasteiger charge is -2.22. The number of amides is 1. The number of H-pyrrole nitrogens is 1. The van der Waals surface area contributed by atoms with E-state index in [9.17, 15) is 4.79 Å². The van der Waals surface area contributed by atoms with Crippen molar-refractivity contribution in [2.24, 2.45) is 5.92 Å². The first kappa shape index (κ1) is 20.8. The molecule has 1 amide bonds. The maximum Gasteiger partial charge on any atom is 0.221 e. The Bertz CT molecular complexity index is 977. The van der Waals surface area contributed by atoms with Crippen molar-refractivity contribution in [3.8, 4) is 11.5 Å². The minimum absolute atomic E-state index is 0.0382. The van der Waals surface area contributed by atoms with E-state index < -0.39 is 0 Å². The number of hydrogen-bond donors (Lipinski definition) is 2. The molecule has 0 saturated heterocycles. The van der Waals surface area contributed by atoms with Gasteiger partial charge in [0.15, 0.2) is 11.5 Å². The summed E-state index contributed by atoms with van der Waals surface area (Å²) in [5.74, 6) is 1.64. The molecule has 2 aromatic carbocycles. The largest absolute Gasteiger partial charge is 0.493 e. The van der Waals surface area contributed by atoms with Gasteiger partial charge in [0.25, 0.3) is 0 Å². The predicted octanol–water partition coefficient (Wildman–Crippen LogP) is 4.87. The van der Waals surface area contributed by atoms with Crippen LogP contribution in [-0.4, -0.2) is 31.2 Å². The molecular formula is C24H30N2O3. The summed E-state index contributed by atoms with van der Waals surface area (Å²) in [6, 6.07) is 14.1. The minimum Gasteiger partial charge on any atom is -0.493 e. The standard InChI is InChI=1S/C24H30N2O3/c1-15(2)16(3)26-24(27)13-19(17-10-11-22(28-4)23(12-17)29-5)20-14-25-21-9-7-6-8-18(20)21/h6-12,14-16,19,25H,13H2,1-5H3,(H,26,27)/t16-,19-/m1/s1. The van der Waals surface area contributed by atoms with Crippen LogP contribution in [0.5, 0.6) is 11.5 Å². The number of fused-ring (bicyclic) bond motifs is 1. The lowest BCUT2D eigenvalue weighted by Crippen LogP contribution is -2.36. The number of rotatable bonds is 8. The topological polar surface area (TPSA) is 63.3 Å². The van der Waals surface area contributed by atoms with Crippen LogP contribution >= 0.6 is 0 Å². The van der Waals surface area contributed by atoms with Gasteiger partial charge in [0.05, 0.1) is 14.2 Å². The summed E-state index contributed by atoms with van der Waals surface area (Å²) in [5.41, 5.74) is 3.17. The molecule has 3 aromatic rings. The molecular weight excluding hydrogens is 364 g/mol. The van der Waals surface area contributed by atoms with Crippen molar-refractivity contribution >= 4 is 16.8 Å². The van der Waals surface area contributed by atoms with Crippen molar-refractivity contribution in [2.75, 3.05) is 14.2 Å². The van der Waals surface area contributed by atoms with Gasteiger partial charge in [-0.3, -0.25) is 4.79 Å². The summed E-state index contributed by atoms with van der Waals surface area (Å²) in [4.78, 5) is 16.2. The summed E-state index contributed by atoms with van der Waals surface area (Å²) >= 11 is 0. The molecule has 2 atom stereocenters. The van der Waals surface area contributed by atoms with Gasteiger partial charge in [0.1, 0.15) is 0 Å². The van der Waals surface area contributed by atoms with Crippen LogP contribution < -0.4 is 14.8 Å². The number of aromatic amines is 1. The van der Waals surface area contributed by atoms with Crippen LogP contribution in [0.15, 0.2) is 48.7 Å². The van der Waals surface area contributed by atoms with E-state index >= 15 is 0 Å². The van der Waals surface area contributed by atoms with Gasteiger partial charge in [0, 0.05) is 35.5 Å². The SMILES string of the molecule is COc1ccc([C@@H](CC(=O)N[C@H](C)C(C)C)c2c[nH]c3ccccc23)cc1OC. The molecule has 5 heteroatoms. The lowest BCUT2D eigenvalue weighted by atomic mass is 9.87. The van der Waals surface area contributed by atoms with Crippen molar-refractivity contribution in [2.45, 2.75) is 39.2 Å². The maximum atomic E-state index is 12.9. The van der Waals surface area contributed by atoms with Crippen LogP contribution in [0.25, 0.3) is 10.9 Å². The molecule has 2 N–H and O–H groups in total. The number of methoxy groups -OCH3 is 2. The first-order valence-electron chi connectivity index (χ1n) is 10.0. The Hall–Kier alpha value is -2.95. The number of ether oxygens (including phenoxy) is 2. The van der Waals surface area contributed by atoms with E-state index in [1.807, 2.05) is 49.5 Å². The Morgan fingerprint density at radius 1 is 1.03 bits per heavy atom. The number of carbonyl (C=O) groups excluding carboxylic acids is 1. The minimum atomic E-state index is -0.106. The molecule has 1 heterocycles. The van der Waals surface area contributed by atoms with Crippen molar-refractivity contribution in [3.63, 3.8) is 0 Å². The number of carbonyl (C=O) groups is 1. The van der Waals surface area contributed by atoms with Gasteiger partial charge >= 0.3 is 0 Å². The zero-order valence-electron chi connectivity index (χ0n) is 17.8. The summed E-state index contributed by atoms with van der Waals surface area (Å²) in [6.45, 7) is 6.26. The fraction of sp³-hybridized carbons (Fsp3) is 0.375. The second kappa shape index (κ2) is 9.03. The van der Waals surface area contributed by atoms with Gasteiger partial charge in [-0.25, -0.2) is 0 Å². The first-order valence-corrected chi connectivity index (χ1v) is 10.0. The van der Waals surface area contributed by atoms with Crippen LogP contribution in [0.3, 0.4) is 0 Å². The van der Waals surface area contributed by atoms with Crippen LogP contribution in [0.1, 0.15) is 44.2 Å². The molecule has 3 rings (SSSR count). The number of aromatic nitrogens is 1. The number of hydrogen-bond acceptors (Lipinski definition) is 3. The quantitative estimate of drug-likeness (QED) is 0.573. The molecule has 29 heavy (non-hydrogen) atoms. The first-order chi connectivity index (χ1) is 13.9. The average Bonchev–Trinajstić information content (AvgIpc) is 3.15. The van der Waals surface area contributed by atoms with Gasteiger partial charge in [0.2, 0.25) is 5.91 Å². The summed E-state index contributed by atoms with van der Waals surface area (Å²) in [6.07, 6.45) is 2.36. The average molecular weight is 395 g/mol. The third-order valence-corrected chi connectivity index (χ3v) is 5.58. The smallest absolute Gasteiger partial charge is 0.221 e. The van der Waals surface area contributed by atoms with E-state index in [1.165, 1.54) is 0 Å². The van der Waals surface area contributed by atoms with Gasteiger partial charge < -0.3 is 19.8 Å². The highest BCUT2D eigenvalue weighted by Crippen LogP contribution is 2.37. The highest BCUT2D eigenvalue weighted by atomic mass is 16.5. The fourth-order valence-electron chi connectivity index (χ4n) is 3.52. The molecule has 0 spiro atoms. The summed E-state index contributed by atoms with van der Waals surface area (Å²) < 4.78 is 10.9. The van der Waals surface area contributed by atoms with E-state index in [-0.39, 0.29) is 17.9 Å². The number of benzene rings is 2. The van der Waals surface area contributed by atoms with Crippen LogP contribution in [-0.2, 0) is 4.79 Å². The fourth-order valence-corrected chi connectivity index (χ4v) is 3.52. The molecule has 5 nitrogen and oxygen atoms in total. The van der Waals surface area contributed by atoms with Gasteiger partial charge in [-0.1, -0.05) is 38.1 Å². The maximum absolute atomic E-state index is 12.9. The van der Waals surface area contributed by atoms with Gasteiger partial charge in [-0.2, -0.15) is 0 Å². The Labute approximate surface area is 172 Å². The van der Waals surface area contributed by atoms with E-state index in [0.29, 0.717) is 23.8 Å². The van der Waals surface area contributed by atoms with Gasteiger partial charge in [-0.15, -0.1) is 0 Å². The Balaban J connectivity index is 2.01. The molecule has 154 valence electrons. The zero-order valence-corrected chi connectivity index (χ0v) is 17.8. The number of nitrogens with one attached hydrogen (secondary N) is 2. The number of para-hydroxylation sites is 1. The normalized spacial score (nSPS) is 13.3. The Morgan fingerprint density at radius 3 is 2.45 bits per heavy atom. The van der Waals surface area contributed by atoms with Crippen molar-refractivity contribution < 1.29 is 14.3 Å². The molecule has 0 aliphatic carbocycles. The summed E-state index contributed by atoms with van der Waals surface area (Å²) in [7, 11) is 3.24. The molecule has 0 saturated carbocycles. The molecule has 0 aliphatic rings. The second-order valence-corrected chi connectivity index (χ2v) is 7.76. The highest BCUT2D eigenvalue weighted by Gasteiger charge is 2.24. The Morgan fingerprint density at radius 2 is 1.76 bits per heavy atom. The molecule has 0 aliphatic heterocycles. The zero-order chi connectivity index (χ0) is 21.0. The third-order valence-electron chi connectivity index (χ3n) is 5.58. The molecule has 0 bridgehead atoms. The Kier molecular flexibility index (Phi) is 6.47. The van der Waals surface area contributed by atoms with Crippen LogP contribution in [0.2, 0.25) is 0 Å². The predicted molar refractivity (Wildman–Crippen MR) is 117 cm³/mol. The van der Waals surface area contributed by atoms with Crippen LogP contribution in [0, 0.1) is 5.92 Å². The van der Waals surface area contributed by atoms with E-state index in [0.717, 1.165) is 22.0 Å². The highest BCUT2D eigenvalue weighted by molar-refractivity contribution is 5.86. The van der Waals surface area contributed by atoms with Gasteiger partial charge in [-0.05, 0) is 42.2 Å². The van der Waals surface area contributed by atoms with E-state index in [4.69, 9.17) is 9.47 Å². The second-order valence-electron chi connectivity index (χ2n) is 7.76. The lowest BCUT2D eigenvalue weighted by molar-refractivity contribution is -0.122. The van der Waals surface area contributed by atoms with Crippen LogP contribution in [0.4, 0.5) is 0 Å². The third kappa shape index (κ3) is 4.56.